The number of alkyl halides is 3. The Labute approximate surface area is 90.2 Å². The van der Waals surface area contributed by atoms with Gasteiger partial charge in [0, 0.05) is 0 Å². The molecule has 0 heterocycles. The van der Waals surface area contributed by atoms with Gasteiger partial charge < -0.3 is 0 Å². The molecule has 0 aromatic rings. The molecule has 0 fully saturated rings. The van der Waals surface area contributed by atoms with Gasteiger partial charge in [-0.05, 0) is 67.8 Å². The van der Waals surface area contributed by atoms with E-state index in [0.29, 0.717) is 0 Å². The number of hydrogen-bond donors (Lipinski definition) is 1. The van der Waals surface area contributed by atoms with Crippen molar-refractivity contribution in [1.29, 1.82) is 0 Å². The largest absolute Gasteiger partial charge is 0.304 e. The molecule has 0 aliphatic rings. The molecule has 8 heavy (non-hydrogen) atoms. The fraction of sp³-hybridized carbons (Fsp3) is 1.00. The van der Waals surface area contributed by atoms with Gasteiger partial charge in [-0.15, -0.1) is 0 Å². The Morgan fingerprint density at radius 1 is 1.50 bits per heavy atom. The molecule has 0 spiro atoms. The van der Waals surface area contributed by atoms with Gasteiger partial charge in [0.1, 0.15) is 0 Å². The van der Waals surface area contributed by atoms with Crippen LogP contribution in [0.1, 0.15) is 0 Å². The average molecular weight is 474 g/mol. The minimum atomic E-state index is -2.16. The topological polar surface area (TPSA) is 46.5 Å². The van der Waals surface area contributed by atoms with E-state index in [-0.39, 0.29) is 0 Å². The molecule has 1 atom stereocenters. The lowest BCUT2D eigenvalue weighted by Crippen LogP contribution is -2.07. The van der Waals surface area contributed by atoms with Gasteiger partial charge in [-0.25, -0.2) is 4.18 Å². The van der Waals surface area contributed by atoms with E-state index < -0.39 is 11.0 Å². The van der Waals surface area contributed by atoms with Crippen molar-refractivity contribution in [3.63, 3.8) is 0 Å². The number of hydrogen-bond acceptors (Lipinski definition) is 2. The third-order valence-corrected chi connectivity index (χ3v) is 2.12. The fourth-order valence-corrected chi connectivity index (χ4v) is 1.63. The minimum Gasteiger partial charge on any atom is -0.284 e. The fourth-order valence-electron chi connectivity index (χ4n) is 0.0808. The SMILES string of the molecule is O=S(O)OC(I)(I)I. The monoisotopic (exact) mass is 474 g/mol. The average Bonchev–Trinajstić information content (AvgIpc) is 1.21. The van der Waals surface area contributed by atoms with Gasteiger partial charge >= 0.3 is 11.4 Å². The minimum absolute atomic E-state index is 0.618. The molecule has 50 valence electrons. The highest BCUT2D eigenvalue weighted by Crippen LogP contribution is 2.36. The highest BCUT2D eigenvalue weighted by molar-refractivity contribution is 14.3. The second-order valence-electron chi connectivity index (χ2n) is 0.746. The van der Waals surface area contributed by atoms with Crippen molar-refractivity contribution < 1.29 is 12.9 Å². The van der Waals surface area contributed by atoms with Gasteiger partial charge in [0.15, 0.2) is 0 Å². The highest BCUT2D eigenvalue weighted by Gasteiger charge is 2.20. The molecule has 0 radical (unpaired) electrons. The molecule has 0 bridgehead atoms. The molecule has 0 saturated heterocycles. The predicted octanol–water partition coefficient (Wildman–Crippen LogP) is 2.06. The standard InChI is InChI=1S/CHI3O3S/c2-1(3,4)7-8(5)6/h(H,5,6). The molecule has 0 saturated carbocycles. The van der Waals surface area contributed by atoms with Crippen LogP contribution in [-0.4, -0.2) is 8.38 Å². The van der Waals surface area contributed by atoms with Crippen LogP contribution >= 0.6 is 67.8 Å². The van der Waals surface area contributed by atoms with Gasteiger partial charge in [-0.2, -0.15) is 4.21 Å². The summed E-state index contributed by atoms with van der Waals surface area (Å²) < 4.78 is 21.8. The Balaban J connectivity index is 3.55. The zero-order valence-electron chi connectivity index (χ0n) is 3.31. The maximum atomic E-state index is 9.89. The van der Waals surface area contributed by atoms with E-state index in [1.807, 2.05) is 67.8 Å². The Hall–Kier alpha value is 2.26. The molecule has 3 nitrogen and oxygen atoms in total. The molecule has 1 unspecified atom stereocenters. The van der Waals surface area contributed by atoms with E-state index in [4.69, 9.17) is 4.55 Å². The Morgan fingerprint density at radius 3 is 1.88 bits per heavy atom. The molecule has 0 rings (SSSR count). The summed E-state index contributed by atoms with van der Waals surface area (Å²) in [6.07, 6.45) is 0. The van der Waals surface area contributed by atoms with Crippen molar-refractivity contribution in [3.05, 3.63) is 0 Å². The molecule has 0 aliphatic carbocycles. The van der Waals surface area contributed by atoms with Crippen molar-refractivity contribution in [3.8, 4) is 0 Å². The van der Waals surface area contributed by atoms with Crippen molar-refractivity contribution in [2.45, 2.75) is -0.379 Å². The number of rotatable bonds is 2. The Morgan fingerprint density at radius 2 is 1.88 bits per heavy atom. The predicted molar refractivity (Wildman–Crippen MR) is 56.6 cm³/mol. The van der Waals surface area contributed by atoms with Crippen LogP contribution in [0.3, 0.4) is 0 Å². The second-order valence-corrected chi connectivity index (χ2v) is 12.1. The van der Waals surface area contributed by atoms with Gasteiger partial charge in [-0.1, -0.05) is 0 Å². The normalized spacial score (nSPS) is 16.0. The first-order chi connectivity index (χ1) is 3.42. The first-order valence-corrected chi connectivity index (χ1v) is 5.56. The molecule has 7 heteroatoms. The van der Waals surface area contributed by atoms with Crippen molar-refractivity contribution in [2.75, 3.05) is 0 Å². The smallest absolute Gasteiger partial charge is 0.284 e. The lowest BCUT2D eigenvalue weighted by atomic mass is 11.7. The number of halogens is 3. The van der Waals surface area contributed by atoms with Crippen molar-refractivity contribution in [1.82, 2.24) is 0 Å². The molecular formula is CHI3O3S. The van der Waals surface area contributed by atoms with Crippen LogP contribution in [0, 0.1) is 0 Å². The van der Waals surface area contributed by atoms with Crippen molar-refractivity contribution in [2.24, 2.45) is 0 Å². The first kappa shape index (κ1) is 10.3. The summed E-state index contributed by atoms with van der Waals surface area (Å²) in [6.45, 7) is 0. The summed E-state index contributed by atoms with van der Waals surface area (Å²) in [7, 11) is 0. The second kappa shape index (κ2) is 4.20. The van der Waals surface area contributed by atoms with Crippen LogP contribution in [0.5, 0.6) is 0 Å². The summed E-state index contributed by atoms with van der Waals surface area (Å²) in [4.78, 5) is 0. The summed E-state index contributed by atoms with van der Waals surface area (Å²) in [6, 6.07) is 0. The summed E-state index contributed by atoms with van der Waals surface area (Å²) >= 11 is 3.51. The van der Waals surface area contributed by atoms with E-state index in [9.17, 15) is 4.21 Å². The Bertz CT molecular complexity index is 97.2. The molecule has 1 N–H and O–H groups in total. The van der Waals surface area contributed by atoms with E-state index in [0.717, 1.165) is 0 Å². The third kappa shape index (κ3) is 8.26. The third-order valence-electron chi connectivity index (χ3n) is 0.166. The zero-order valence-corrected chi connectivity index (χ0v) is 10.6. The molecule has 0 aromatic carbocycles. The summed E-state index contributed by atoms with van der Waals surface area (Å²) in [5, 5.41) is 0. The van der Waals surface area contributed by atoms with Crippen molar-refractivity contribution >= 4 is 79.1 Å². The molecule has 0 aromatic heterocycles. The summed E-state index contributed by atoms with van der Waals surface area (Å²) in [5.74, 6) is 0. The van der Waals surface area contributed by atoms with E-state index >= 15 is 0 Å². The van der Waals surface area contributed by atoms with Crippen LogP contribution < -0.4 is 0 Å². The van der Waals surface area contributed by atoms with Gasteiger partial charge in [0.25, 0.3) is 0 Å². The van der Waals surface area contributed by atoms with Gasteiger partial charge in [0.05, 0.1) is 0 Å². The first-order valence-electron chi connectivity index (χ1n) is 1.29. The van der Waals surface area contributed by atoms with E-state index in [1.165, 1.54) is 0 Å². The maximum absolute atomic E-state index is 9.89. The molecule has 0 amide bonds. The lowest BCUT2D eigenvalue weighted by molar-refractivity contribution is 0.354. The lowest BCUT2D eigenvalue weighted by Gasteiger charge is -2.07. The van der Waals surface area contributed by atoms with E-state index in [2.05, 4.69) is 4.18 Å². The molecule has 0 aliphatic heterocycles. The van der Waals surface area contributed by atoms with Crippen LogP contribution in [0.15, 0.2) is 0 Å². The Kier molecular flexibility index (Phi) is 5.39. The van der Waals surface area contributed by atoms with Gasteiger partial charge in [-0.3, -0.25) is 4.55 Å². The van der Waals surface area contributed by atoms with Crippen LogP contribution in [0.4, 0.5) is 0 Å². The maximum Gasteiger partial charge on any atom is 0.304 e. The van der Waals surface area contributed by atoms with Crippen LogP contribution in [0.2, 0.25) is 0 Å². The van der Waals surface area contributed by atoms with E-state index in [1.54, 1.807) is 0 Å². The molecular weight excluding hydrogens is 473 g/mol. The zero-order chi connectivity index (χ0) is 6.78. The highest BCUT2D eigenvalue weighted by atomic mass is 127. The summed E-state index contributed by atoms with van der Waals surface area (Å²) in [5.41, 5.74) is 0. The quantitative estimate of drug-likeness (QED) is 0.379. The van der Waals surface area contributed by atoms with Gasteiger partial charge in [0.2, 0.25) is -0.379 Å². The van der Waals surface area contributed by atoms with Crippen LogP contribution in [0.25, 0.3) is 0 Å². The van der Waals surface area contributed by atoms with Crippen LogP contribution in [-0.2, 0) is 15.5 Å².